The van der Waals surface area contributed by atoms with E-state index in [1.54, 1.807) is 0 Å². The van der Waals surface area contributed by atoms with Gasteiger partial charge in [-0.1, -0.05) is 0 Å². The van der Waals surface area contributed by atoms with E-state index in [1.807, 2.05) is 5.48 Å². The molecule has 6 heteroatoms. The lowest BCUT2D eigenvalue weighted by molar-refractivity contribution is 0.129. The van der Waals surface area contributed by atoms with Crippen molar-refractivity contribution < 1.29 is 18.6 Å². The fourth-order valence-corrected chi connectivity index (χ4v) is 0.464. The molecule has 0 heterocycles. The van der Waals surface area contributed by atoms with E-state index >= 15 is 0 Å². The summed E-state index contributed by atoms with van der Waals surface area (Å²) in [6.45, 7) is 0.203. The van der Waals surface area contributed by atoms with Crippen LogP contribution >= 0.6 is 0 Å². The lowest BCUT2D eigenvalue weighted by atomic mass is 10.0. The van der Waals surface area contributed by atoms with E-state index in [1.165, 1.54) is 0 Å². The Bertz CT molecular complexity index is 76.3. The van der Waals surface area contributed by atoms with Gasteiger partial charge in [-0.3, -0.25) is 0 Å². The second-order valence-corrected chi connectivity index (χ2v) is 1.85. The summed E-state index contributed by atoms with van der Waals surface area (Å²) in [7, 11) is -3.08. The van der Waals surface area contributed by atoms with Gasteiger partial charge in [0.2, 0.25) is 0 Å². The van der Waals surface area contributed by atoms with Crippen molar-refractivity contribution >= 4 is 7.27 Å². The molecule has 0 bridgehead atoms. The molecule has 0 saturated carbocycles. The first-order valence-corrected chi connectivity index (χ1v) is 3.19. The van der Waals surface area contributed by atoms with Crippen molar-refractivity contribution in [2.75, 3.05) is 19.7 Å². The Labute approximate surface area is 58.5 Å². The fourth-order valence-electron chi connectivity index (χ4n) is 0.464. The highest BCUT2D eigenvalue weighted by Gasteiger charge is 1.94. The average molecular weight is 154 g/mol. The van der Waals surface area contributed by atoms with E-state index in [-0.39, 0.29) is 6.61 Å². The molecule has 0 unspecified atom stereocenters. The van der Waals surface area contributed by atoms with E-state index in [0.717, 1.165) is 0 Å². The molecule has 0 aliphatic rings. The third-order valence-corrected chi connectivity index (χ3v) is 0.876. The van der Waals surface area contributed by atoms with Crippen LogP contribution in [0.3, 0.4) is 0 Å². The lowest BCUT2D eigenvalue weighted by Gasteiger charge is -2.06. The van der Waals surface area contributed by atoms with Crippen LogP contribution in [-0.4, -0.2) is 32.1 Å². The summed E-state index contributed by atoms with van der Waals surface area (Å²) < 4.78 is 27.4. The molecule has 0 spiro atoms. The highest BCUT2D eigenvalue weighted by atomic mass is 19.2. The zero-order valence-electron chi connectivity index (χ0n) is 5.65. The van der Waals surface area contributed by atoms with Gasteiger partial charge in [0.25, 0.3) is 0 Å². The summed E-state index contributed by atoms with van der Waals surface area (Å²) in [5.41, 5.74) is 1.90. The van der Waals surface area contributed by atoms with Crippen molar-refractivity contribution in [2.45, 2.75) is 6.42 Å². The quantitative estimate of drug-likeness (QED) is 0.323. The Morgan fingerprint density at radius 2 is 2.20 bits per heavy atom. The average Bonchev–Trinajstić information content (AvgIpc) is 1.87. The van der Waals surface area contributed by atoms with Gasteiger partial charge in [-0.05, 0) is 12.9 Å². The Hall–Kier alpha value is -0.195. The minimum Gasteiger partial charge on any atom is -0.478 e. The molecule has 0 aliphatic heterocycles. The zero-order chi connectivity index (χ0) is 7.82. The van der Waals surface area contributed by atoms with Gasteiger partial charge in [-0.25, -0.2) is 5.48 Å². The van der Waals surface area contributed by atoms with Crippen molar-refractivity contribution in [1.29, 1.82) is 0 Å². The van der Waals surface area contributed by atoms with Crippen LogP contribution in [0.5, 0.6) is 0 Å². The largest absolute Gasteiger partial charge is 0.478 e. The second kappa shape index (κ2) is 6.92. The summed E-state index contributed by atoms with van der Waals surface area (Å²) in [6.07, 6.45) is 0.544. The number of nitrogens with one attached hydrogen (secondary N) is 1. The smallest absolute Gasteiger partial charge is 0.314 e. The standard InChI is InChI=1S/C4H11BF2NO2/c6-5(7)4-10-3-1-2-8-9/h5,8-9H,1-4H2/q-1. The highest BCUT2D eigenvalue weighted by molar-refractivity contribution is 6.42. The molecule has 0 atom stereocenters. The first-order valence-electron chi connectivity index (χ1n) is 3.19. The minimum atomic E-state index is -3.08. The molecule has 0 aromatic carbocycles. The van der Waals surface area contributed by atoms with Crippen LogP contribution in [-0.2, 0) is 4.74 Å². The molecule has 0 aliphatic carbocycles. The normalized spacial score (nSPS) is 10.8. The summed E-state index contributed by atoms with van der Waals surface area (Å²) in [5, 5.41) is 8.03. The molecule has 0 amide bonds. The number of ether oxygens (including phenoxy) is 1. The fraction of sp³-hybridized carbons (Fsp3) is 1.00. The molecule has 0 fully saturated rings. The van der Waals surface area contributed by atoms with Gasteiger partial charge in [0, 0.05) is 13.2 Å². The second-order valence-electron chi connectivity index (χ2n) is 1.85. The van der Waals surface area contributed by atoms with Gasteiger partial charge in [-0.15, -0.1) is 0 Å². The van der Waals surface area contributed by atoms with E-state index in [2.05, 4.69) is 4.74 Å². The SMILES string of the molecule is ONCCCOC[BH-](F)F. The molecule has 10 heavy (non-hydrogen) atoms. The van der Waals surface area contributed by atoms with E-state index in [9.17, 15) is 8.63 Å². The third-order valence-electron chi connectivity index (χ3n) is 0.876. The molecular weight excluding hydrogens is 143 g/mol. The van der Waals surface area contributed by atoms with Crippen molar-refractivity contribution in [3.05, 3.63) is 0 Å². The number of hydrogen-bond acceptors (Lipinski definition) is 3. The van der Waals surface area contributed by atoms with Gasteiger partial charge >= 0.3 is 7.27 Å². The van der Waals surface area contributed by atoms with Crippen LogP contribution in [0, 0.1) is 0 Å². The summed E-state index contributed by atoms with van der Waals surface area (Å²) >= 11 is 0. The number of rotatable bonds is 6. The number of hydroxylamine groups is 1. The topological polar surface area (TPSA) is 41.5 Å². The summed E-state index contributed by atoms with van der Waals surface area (Å²) in [6, 6.07) is 0. The maximum absolute atomic E-state index is 11.4. The summed E-state index contributed by atoms with van der Waals surface area (Å²) in [4.78, 5) is 0. The van der Waals surface area contributed by atoms with Crippen LogP contribution in [0.25, 0.3) is 0 Å². The van der Waals surface area contributed by atoms with Gasteiger partial charge in [0.05, 0.1) is 0 Å². The minimum absolute atomic E-state index is 0.269. The predicted molar refractivity (Wildman–Crippen MR) is 34.6 cm³/mol. The number of halogens is 2. The Balaban J connectivity index is 2.77. The van der Waals surface area contributed by atoms with Crippen LogP contribution in [0.1, 0.15) is 6.42 Å². The first kappa shape index (κ1) is 9.80. The molecule has 0 aromatic heterocycles. The van der Waals surface area contributed by atoms with Crippen LogP contribution in [0.15, 0.2) is 0 Å². The van der Waals surface area contributed by atoms with E-state index in [4.69, 9.17) is 5.21 Å². The lowest BCUT2D eigenvalue weighted by Crippen LogP contribution is -2.14. The maximum atomic E-state index is 11.4. The van der Waals surface area contributed by atoms with Gasteiger partial charge < -0.3 is 18.6 Å². The highest BCUT2D eigenvalue weighted by Crippen LogP contribution is 1.88. The van der Waals surface area contributed by atoms with Crippen LogP contribution in [0.4, 0.5) is 8.63 Å². The van der Waals surface area contributed by atoms with Gasteiger partial charge in [0.1, 0.15) is 0 Å². The van der Waals surface area contributed by atoms with Gasteiger partial charge in [-0.2, -0.15) is 0 Å². The van der Waals surface area contributed by atoms with Crippen molar-refractivity contribution in [3.63, 3.8) is 0 Å². The molecule has 3 nitrogen and oxygen atoms in total. The Morgan fingerprint density at radius 1 is 1.50 bits per heavy atom. The van der Waals surface area contributed by atoms with Crippen LogP contribution < -0.4 is 5.48 Å². The molecule has 0 saturated heterocycles. The van der Waals surface area contributed by atoms with E-state index < -0.39 is 13.8 Å². The molecule has 2 N–H and O–H groups in total. The Morgan fingerprint density at radius 3 is 2.70 bits per heavy atom. The predicted octanol–water partition coefficient (Wildman–Crippen LogP) is 0.0706. The Kier molecular flexibility index (Phi) is 6.78. The molecular formula is C4H11BF2NO2-. The molecule has 0 radical (unpaired) electrons. The number of hydrogen-bond donors (Lipinski definition) is 2. The first-order chi connectivity index (χ1) is 4.77. The molecule has 0 rings (SSSR count). The maximum Gasteiger partial charge on any atom is 0.314 e. The van der Waals surface area contributed by atoms with Gasteiger partial charge in [0.15, 0.2) is 0 Å². The summed E-state index contributed by atoms with van der Waals surface area (Å²) in [5.74, 6) is 0. The zero-order valence-corrected chi connectivity index (χ0v) is 5.65. The monoisotopic (exact) mass is 154 g/mol. The van der Waals surface area contributed by atoms with Crippen LogP contribution in [0.2, 0.25) is 0 Å². The third kappa shape index (κ3) is 7.80. The molecule has 0 aromatic rings. The van der Waals surface area contributed by atoms with Crippen molar-refractivity contribution in [3.8, 4) is 0 Å². The van der Waals surface area contributed by atoms with Crippen molar-refractivity contribution in [2.24, 2.45) is 0 Å². The van der Waals surface area contributed by atoms with E-state index in [0.29, 0.717) is 13.0 Å². The molecule has 62 valence electrons. The van der Waals surface area contributed by atoms with Crippen molar-refractivity contribution in [1.82, 2.24) is 5.48 Å².